The second-order valence-corrected chi connectivity index (χ2v) is 5.41. The Bertz CT molecular complexity index is 482. The number of carboxylic acids is 1. The molecule has 0 saturated heterocycles. The average Bonchev–Trinajstić information content (AvgIpc) is 2.82. The molecular formula is C13H14F2O2S. The normalized spacial score (nSPS) is 17.9. The lowest BCUT2D eigenvalue weighted by Gasteiger charge is -2.25. The van der Waals surface area contributed by atoms with Gasteiger partial charge in [0.1, 0.15) is 11.6 Å². The van der Waals surface area contributed by atoms with Crippen LogP contribution in [0.25, 0.3) is 0 Å². The second kappa shape index (κ2) is 4.88. The maximum Gasteiger partial charge on any atom is 0.314 e. The molecule has 1 aliphatic carbocycles. The van der Waals surface area contributed by atoms with Gasteiger partial charge in [0.2, 0.25) is 0 Å². The molecule has 0 radical (unpaired) electrons. The number of carbonyl (C=O) groups is 1. The third-order valence-corrected chi connectivity index (χ3v) is 4.34. The van der Waals surface area contributed by atoms with E-state index in [4.69, 9.17) is 0 Å². The largest absolute Gasteiger partial charge is 0.481 e. The average molecular weight is 272 g/mol. The predicted molar refractivity (Wildman–Crippen MR) is 65.9 cm³/mol. The van der Waals surface area contributed by atoms with Gasteiger partial charge in [-0.1, -0.05) is 12.8 Å². The molecule has 5 heteroatoms. The number of hydrogen-bond acceptors (Lipinski definition) is 2. The molecule has 0 bridgehead atoms. The van der Waals surface area contributed by atoms with Crippen molar-refractivity contribution in [3.8, 4) is 0 Å². The topological polar surface area (TPSA) is 37.3 Å². The van der Waals surface area contributed by atoms with Gasteiger partial charge >= 0.3 is 5.97 Å². The highest BCUT2D eigenvalue weighted by Gasteiger charge is 2.45. The van der Waals surface area contributed by atoms with Crippen LogP contribution in [0, 0.1) is 11.6 Å². The zero-order chi connectivity index (χ0) is 13.3. The Labute approximate surface area is 108 Å². The monoisotopic (exact) mass is 272 g/mol. The molecule has 0 unspecified atom stereocenters. The van der Waals surface area contributed by atoms with E-state index in [-0.39, 0.29) is 10.5 Å². The van der Waals surface area contributed by atoms with E-state index < -0.39 is 23.0 Å². The van der Waals surface area contributed by atoms with Crippen molar-refractivity contribution >= 4 is 17.7 Å². The Hall–Kier alpha value is -1.10. The van der Waals surface area contributed by atoms with E-state index in [0.29, 0.717) is 12.8 Å². The molecule has 2 nitrogen and oxygen atoms in total. The smallest absolute Gasteiger partial charge is 0.314 e. The zero-order valence-electron chi connectivity index (χ0n) is 10.0. The molecule has 1 saturated carbocycles. The third-order valence-electron chi connectivity index (χ3n) is 3.61. The van der Waals surface area contributed by atoms with Gasteiger partial charge in [-0.3, -0.25) is 4.79 Å². The summed E-state index contributed by atoms with van der Waals surface area (Å²) in [4.78, 5) is 11.7. The molecule has 1 fully saturated rings. The second-order valence-electron chi connectivity index (χ2n) is 4.56. The molecule has 1 aromatic carbocycles. The first-order valence-electron chi connectivity index (χ1n) is 5.78. The van der Waals surface area contributed by atoms with Gasteiger partial charge in [-0.2, -0.15) is 0 Å². The quantitative estimate of drug-likeness (QED) is 0.854. The van der Waals surface area contributed by atoms with E-state index in [1.807, 2.05) is 0 Å². The van der Waals surface area contributed by atoms with Crippen LogP contribution in [0.15, 0.2) is 17.0 Å². The Balaban J connectivity index is 2.61. The molecule has 2 rings (SSSR count). The Morgan fingerprint density at radius 3 is 2.44 bits per heavy atom. The minimum Gasteiger partial charge on any atom is -0.481 e. The molecule has 98 valence electrons. The number of rotatable bonds is 3. The molecule has 1 aliphatic rings. The van der Waals surface area contributed by atoms with Gasteiger partial charge in [0.25, 0.3) is 0 Å². The molecule has 1 aromatic rings. The summed E-state index contributed by atoms with van der Waals surface area (Å²) in [6.45, 7) is 0. The predicted octanol–water partition coefficient (Wildman–Crippen LogP) is 3.58. The first-order valence-corrected chi connectivity index (χ1v) is 7.00. The van der Waals surface area contributed by atoms with Crippen LogP contribution in [-0.2, 0) is 10.2 Å². The number of hydrogen-bond donors (Lipinski definition) is 1. The van der Waals surface area contributed by atoms with Crippen LogP contribution >= 0.6 is 11.8 Å². The minimum atomic E-state index is -1.25. The van der Waals surface area contributed by atoms with E-state index in [2.05, 4.69) is 0 Å². The van der Waals surface area contributed by atoms with E-state index in [9.17, 15) is 18.7 Å². The fraction of sp³-hybridized carbons (Fsp3) is 0.462. The van der Waals surface area contributed by atoms with Crippen LogP contribution < -0.4 is 0 Å². The van der Waals surface area contributed by atoms with E-state index >= 15 is 0 Å². The summed E-state index contributed by atoms with van der Waals surface area (Å²) in [5.41, 5.74) is -1.26. The highest BCUT2D eigenvalue weighted by atomic mass is 32.2. The van der Waals surface area contributed by atoms with Crippen molar-refractivity contribution in [3.63, 3.8) is 0 Å². The van der Waals surface area contributed by atoms with Crippen molar-refractivity contribution in [3.05, 3.63) is 29.3 Å². The Morgan fingerprint density at radius 2 is 1.94 bits per heavy atom. The minimum absolute atomic E-state index is 0.00292. The summed E-state index contributed by atoms with van der Waals surface area (Å²) in [5.74, 6) is -2.23. The van der Waals surface area contributed by atoms with Crippen LogP contribution in [0.2, 0.25) is 0 Å². The van der Waals surface area contributed by atoms with Crippen LogP contribution in [0.5, 0.6) is 0 Å². The highest BCUT2D eigenvalue weighted by Crippen LogP contribution is 2.44. The molecule has 0 amide bonds. The summed E-state index contributed by atoms with van der Waals surface area (Å²) < 4.78 is 27.8. The molecular weight excluding hydrogens is 258 g/mol. The van der Waals surface area contributed by atoms with Gasteiger partial charge in [0.05, 0.1) is 5.41 Å². The van der Waals surface area contributed by atoms with Gasteiger partial charge in [0, 0.05) is 10.5 Å². The lowest BCUT2D eigenvalue weighted by atomic mass is 9.78. The number of aliphatic carboxylic acids is 1. The first-order chi connectivity index (χ1) is 8.51. The molecule has 0 aliphatic heterocycles. The summed E-state index contributed by atoms with van der Waals surface area (Å²) in [5, 5.41) is 9.40. The first kappa shape index (κ1) is 13.3. The fourth-order valence-corrected chi connectivity index (χ4v) is 3.16. The van der Waals surface area contributed by atoms with Crippen LogP contribution in [0.4, 0.5) is 8.78 Å². The number of benzene rings is 1. The third kappa shape index (κ3) is 2.00. The zero-order valence-corrected chi connectivity index (χ0v) is 10.8. The van der Waals surface area contributed by atoms with Gasteiger partial charge in [0.15, 0.2) is 0 Å². The summed E-state index contributed by atoms with van der Waals surface area (Å²) in [7, 11) is 0. The van der Waals surface area contributed by atoms with Gasteiger partial charge in [-0.25, -0.2) is 8.78 Å². The van der Waals surface area contributed by atoms with Gasteiger partial charge in [-0.05, 0) is 31.2 Å². The van der Waals surface area contributed by atoms with Crippen LogP contribution in [0.1, 0.15) is 31.2 Å². The maximum absolute atomic E-state index is 14.3. The molecule has 0 spiro atoms. The van der Waals surface area contributed by atoms with Crippen molar-refractivity contribution in [2.24, 2.45) is 0 Å². The molecule has 1 N–H and O–H groups in total. The molecule has 0 heterocycles. The van der Waals surface area contributed by atoms with Gasteiger partial charge in [-0.15, -0.1) is 11.8 Å². The summed E-state index contributed by atoms with van der Waals surface area (Å²) in [6, 6.07) is 2.14. The number of halogens is 2. The van der Waals surface area contributed by atoms with Crippen molar-refractivity contribution in [1.82, 2.24) is 0 Å². The van der Waals surface area contributed by atoms with E-state index in [1.54, 1.807) is 6.26 Å². The summed E-state index contributed by atoms with van der Waals surface area (Å²) >= 11 is 1.09. The van der Waals surface area contributed by atoms with Gasteiger partial charge < -0.3 is 5.11 Å². The Morgan fingerprint density at radius 1 is 1.33 bits per heavy atom. The summed E-state index contributed by atoms with van der Waals surface area (Å²) in [6.07, 6.45) is 3.85. The molecule has 0 aromatic heterocycles. The highest BCUT2D eigenvalue weighted by molar-refractivity contribution is 7.98. The van der Waals surface area contributed by atoms with Crippen molar-refractivity contribution in [2.45, 2.75) is 36.0 Å². The SMILES string of the molecule is CSc1cc(F)cc(C2(C(=O)O)CCCC2)c1F. The van der Waals surface area contributed by atoms with Crippen molar-refractivity contribution in [1.29, 1.82) is 0 Å². The maximum atomic E-state index is 14.3. The molecule has 0 atom stereocenters. The lowest BCUT2D eigenvalue weighted by molar-refractivity contribution is -0.143. The van der Waals surface area contributed by atoms with Crippen molar-refractivity contribution < 1.29 is 18.7 Å². The Kier molecular flexibility index (Phi) is 3.61. The number of carboxylic acid groups (broad SMARTS) is 1. The van der Waals surface area contributed by atoms with E-state index in [1.165, 1.54) is 0 Å². The lowest BCUT2D eigenvalue weighted by Crippen LogP contribution is -2.34. The number of thioether (sulfide) groups is 1. The van der Waals surface area contributed by atoms with Crippen LogP contribution in [0.3, 0.4) is 0 Å². The van der Waals surface area contributed by atoms with Crippen LogP contribution in [-0.4, -0.2) is 17.3 Å². The standard InChI is InChI=1S/C13H14F2O2S/c1-18-10-7-8(14)6-9(11(10)15)13(12(16)17)4-2-3-5-13/h6-7H,2-5H2,1H3,(H,16,17). The fourth-order valence-electron chi connectivity index (χ4n) is 2.64. The van der Waals surface area contributed by atoms with Crippen molar-refractivity contribution in [2.75, 3.05) is 6.26 Å². The van der Waals surface area contributed by atoms with E-state index in [0.717, 1.165) is 36.7 Å². The molecule has 18 heavy (non-hydrogen) atoms.